The second kappa shape index (κ2) is 8.29. The maximum absolute atomic E-state index is 12.0. The van der Waals surface area contributed by atoms with E-state index >= 15 is 0 Å². The van der Waals surface area contributed by atoms with Crippen LogP contribution in [0.2, 0.25) is 5.02 Å². The van der Waals surface area contributed by atoms with Crippen molar-refractivity contribution in [2.45, 2.75) is 6.54 Å². The van der Waals surface area contributed by atoms with Gasteiger partial charge < -0.3 is 15.0 Å². The lowest BCUT2D eigenvalue weighted by atomic mass is 10.2. The maximum Gasteiger partial charge on any atom is 0.317 e. The fraction of sp³-hybridized carbons (Fsp3) is 0.235. The summed E-state index contributed by atoms with van der Waals surface area (Å²) in [5.74, 6) is 0.700. The van der Waals surface area contributed by atoms with E-state index in [2.05, 4.69) is 5.32 Å². The minimum absolute atomic E-state index is 0.126. The first-order chi connectivity index (χ1) is 10.6. The molecule has 0 unspecified atom stereocenters. The van der Waals surface area contributed by atoms with Crippen LogP contribution < -0.4 is 10.1 Å². The Bertz CT molecular complexity index is 605. The second-order valence-corrected chi connectivity index (χ2v) is 5.31. The molecule has 0 bridgehead atoms. The van der Waals surface area contributed by atoms with Crippen molar-refractivity contribution in [2.75, 3.05) is 20.2 Å². The normalized spacial score (nSPS) is 10.1. The lowest BCUT2D eigenvalue weighted by Gasteiger charge is -2.18. The topological polar surface area (TPSA) is 41.6 Å². The SMILES string of the molecule is CN(CCOc1cccc(Cl)c1)C(=O)NCc1ccccc1. The lowest BCUT2D eigenvalue weighted by Crippen LogP contribution is -2.39. The van der Waals surface area contributed by atoms with Gasteiger partial charge in [-0.1, -0.05) is 48.0 Å². The Balaban J connectivity index is 1.70. The quantitative estimate of drug-likeness (QED) is 0.884. The van der Waals surface area contributed by atoms with E-state index in [1.807, 2.05) is 42.5 Å². The number of nitrogens with zero attached hydrogens (tertiary/aromatic N) is 1. The summed E-state index contributed by atoms with van der Waals surface area (Å²) in [4.78, 5) is 13.5. The first kappa shape index (κ1) is 16.2. The third kappa shape index (κ3) is 5.30. The molecule has 0 saturated heterocycles. The van der Waals surface area contributed by atoms with Gasteiger partial charge in [0.1, 0.15) is 12.4 Å². The van der Waals surface area contributed by atoms with Crippen LogP contribution in [0.15, 0.2) is 54.6 Å². The predicted octanol–water partition coefficient (Wildman–Crippen LogP) is 3.56. The molecule has 0 atom stereocenters. The van der Waals surface area contributed by atoms with Crippen LogP contribution in [0.5, 0.6) is 5.75 Å². The standard InChI is InChI=1S/C17H19ClN2O2/c1-20(10-11-22-16-9-5-8-15(18)12-16)17(21)19-13-14-6-3-2-4-7-14/h2-9,12H,10-11,13H2,1H3,(H,19,21). The van der Waals surface area contributed by atoms with Crippen LogP contribution in [0.4, 0.5) is 4.79 Å². The summed E-state index contributed by atoms with van der Waals surface area (Å²) >= 11 is 5.88. The molecule has 0 fully saturated rings. The Morgan fingerprint density at radius 2 is 1.95 bits per heavy atom. The summed E-state index contributed by atoms with van der Waals surface area (Å²) in [6, 6.07) is 16.9. The monoisotopic (exact) mass is 318 g/mol. The molecule has 2 aromatic carbocycles. The average Bonchev–Trinajstić information content (AvgIpc) is 2.53. The molecular weight excluding hydrogens is 300 g/mol. The van der Waals surface area contributed by atoms with Gasteiger partial charge in [-0.15, -0.1) is 0 Å². The highest BCUT2D eigenvalue weighted by molar-refractivity contribution is 6.30. The van der Waals surface area contributed by atoms with E-state index in [-0.39, 0.29) is 6.03 Å². The molecule has 2 amide bonds. The van der Waals surface area contributed by atoms with Crippen LogP contribution in [-0.4, -0.2) is 31.1 Å². The van der Waals surface area contributed by atoms with Gasteiger partial charge in [-0.2, -0.15) is 0 Å². The highest BCUT2D eigenvalue weighted by Gasteiger charge is 2.07. The van der Waals surface area contributed by atoms with Gasteiger partial charge in [0.05, 0.1) is 6.54 Å². The van der Waals surface area contributed by atoms with Crippen LogP contribution in [0.3, 0.4) is 0 Å². The van der Waals surface area contributed by atoms with Crippen molar-refractivity contribution in [1.82, 2.24) is 10.2 Å². The van der Waals surface area contributed by atoms with Gasteiger partial charge in [-0.05, 0) is 23.8 Å². The summed E-state index contributed by atoms with van der Waals surface area (Å²) in [6.07, 6.45) is 0. The summed E-state index contributed by atoms with van der Waals surface area (Å²) in [5, 5.41) is 3.50. The third-order valence-corrected chi connectivity index (χ3v) is 3.36. The number of likely N-dealkylation sites (N-methyl/N-ethyl adjacent to an activating group) is 1. The molecule has 2 rings (SSSR count). The molecule has 22 heavy (non-hydrogen) atoms. The van der Waals surface area contributed by atoms with Crippen LogP contribution >= 0.6 is 11.6 Å². The van der Waals surface area contributed by atoms with Crippen molar-refractivity contribution in [3.63, 3.8) is 0 Å². The van der Waals surface area contributed by atoms with Crippen molar-refractivity contribution >= 4 is 17.6 Å². The number of benzene rings is 2. The van der Waals surface area contributed by atoms with Gasteiger partial charge in [0.25, 0.3) is 0 Å². The molecule has 0 radical (unpaired) electrons. The van der Waals surface area contributed by atoms with E-state index in [9.17, 15) is 4.79 Å². The minimum Gasteiger partial charge on any atom is -0.492 e. The van der Waals surface area contributed by atoms with Crippen molar-refractivity contribution in [3.05, 3.63) is 65.2 Å². The molecule has 0 aliphatic rings. The maximum atomic E-state index is 12.0. The zero-order valence-corrected chi connectivity index (χ0v) is 13.2. The second-order valence-electron chi connectivity index (χ2n) is 4.87. The molecule has 0 saturated carbocycles. The van der Waals surface area contributed by atoms with Crippen molar-refractivity contribution in [2.24, 2.45) is 0 Å². The van der Waals surface area contributed by atoms with Crippen LogP contribution in [0.1, 0.15) is 5.56 Å². The van der Waals surface area contributed by atoms with E-state index in [0.29, 0.717) is 30.5 Å². The Labute approximate surface area is 135 Å². The largest absolute Gasteiger partial charge is 0.492 e. The smallest absolute Gasteiger partial charge is 0.317 e. The molecule has 0 aliphatic heterocycles. The first-order valence-corrected chi connectivity index (χ1v) is 7.44. The number of ether oxygens (including phenoxy) is 1. The number of urea groups is 1. The molecular formula is C17H19ClN2O2. The average molecular weight is 319 g/mol. The highest BCUT2D eigenvalue weighted by Crippen LogP contribution is 2.16. The number of rotatable bonds is 6. The first-order valence-electron chi connectivity index (χ1n) is 7.06. The van der Waals surface area contributed by atoms with E-state index in [1.54, 1.807) is 24.1 Å². The zero-order valence-electron chi connectivity index (χ0n) is 12.5. The van der Waals surface area contributed by atoms with Crippen molar-refractivity contribution in [3.8, 4) is 5.75 Å². The molecule has 116 valence electrons. The number of halogens is 1. The fourth-order valence-corrected chi connectivity index (χ4v) is 2.05. The van der Waals surface area contributed by atoms with E-state index in [4.69, 9.17) is 16.3 Å². The Morgan fingerprint density at radius 1 is 1.18 bits per heavy atom. The van der Waals surface area contributed by atoms with Gasteiger partial charge in [0, 0.05) is 18.6 Å². The summed E-state index contributed by atoms with van der Waals surface area (Å²) in [6.45, 7) is 1.42. The molecule has 0 aromatic heterocycles. The third-order valence-electron chi connectivity index (χ3n) is 3.12. The van der Waals surface area contributed by atoms with E-state index in [1.165, 1.54) is 0 Å². The van der Waals surface area contributed by atoms with Gasteiger partial charge in [-0.3, -0.25) is 0 Å². The zero-order chi connectivity index (χ0) is 15.8. The predicted molar refractivity (Wildman–Crippen MR) is 88.3 cm³/mol. The van der Waals surface area contributed by atoms with Crippen molar-refractivity contribution < 1.29 is 9.53 Å². The molecule has 5 heteroatoms. The molecule has 0 aliphatic carbocycles. The van der Waals surface area contributed by atoms with Gasteiger partial charge in [0.15, 0.2) is 0 Å². The number of nitrogens with one attached hydrogen (secondary N) is 1. The van der Waals surface area contributed by atoms with Gasteiger partial charge in [0.2, 0.25) is 0 Å². The number of carbonyl (C=O) groups is 1. The Hall–Kier alpha value is -2.20. The fourth-order valence-electron chi connectivity index (χ4n) is 1.87. The number of hydrogen-bond acceptors (Lipinski definition) is 2. The minimum atomic E-state index is -0.126. The lowest BCUT2D eigenvalue weighted by molar-refractivity contribution is 0.195. The number of amides is 2. The van der Waals surface area contributed by atoms with E-state index in [0.717, 1.165) is 5.56 Å². The highest BCUT2D eigenvalue weighted by atomic mass is 35.5. The number of carbonyl (C=O) groups excluding carboxylic acids is 1. The molecule has 1 N–H and O–H groups in total. The van der Waals surface area contributed by atoms with Crippen molar-refractivity contribution in [1.29, 1.82) is 0 Å². The molecule has 0 heterocycles. The molecule has 4 nitrogen and oxygen atoms in total. The summed E-state index contributed by atoms with van der Waals surface area (Å²) in [5.41, 5.74) is 1.07. The molecule has 2 aromatic rings. The molecule has 0 spiro atoms. The van der Waals surface area contributed by atoms with Crippen LogP contribution in [0, 0.1) is 0 Å². The van der Waals surface area contributed by atoms with Gasteiger partial charge >= 0.3 is 6.03 Å². The summed E-state index contributed by atoms with van der Waals surface area (Å²) in [7, 11) is 1.74. The van der Waals surface area contributed by atoms with Gasteiger partial charge in [-0.25, -0.2) is 4.79 Å². The Kier molecular flexibility index (Phi) is 6.10. The van der Waals surface area contributed by atoms with E-state index < -0.39 is 0 Å². The summed E-state index contributed by atoms with van der Waals surface area (Å²) < 4.78 is 5.56. The van der Waals surface area contributed by atoms with Crippen LogP contribution in [0.25, 0.3) is 0 Å². The van der Waals surface area contributed by atoms with Crippen LogP contribution in [-0.2, 0) is 6.54 Å². The number of hydrogen-bond donors (Lipinski definition) is 1. The Morgan fingerprint density at radius 3 is 2.68 bits per heavy atom.